The molecule has 33 heavy (non-hydrogen) atoms. The molecule has 0 aliphatic rings. The summed E-state index contributed by atoms with van der Waals surface area (Å²) in [7, 11) is 0. The van der Waals surface area contributed by atoms with E-state index in [1.807, 2.05) is 19.9 Å². The fourth-order valence-electron chi connectivity index (χ4n) is 2.94. The largest absolute Gasteiger partial charge is 0.489 e. The molecule has 1 amide bonds. The maximum absolute atomic E-state index is 12.5. The minimum Gasteiger partial charge on any atom is -0.489 e. The van der Waals surface area contributed by atoms with Crippen LogP contribution in [0.1, 0.15) is 39.9 Å². The van der Waals surface area contributed by atoms with E-state index in [0.717, 1.165) is 11.3 Å². The Bertz CT molecular complexity index is 1180. The van der Waals surface area contributed by atoms with E-state index in [1.54, 1.807) is 55.5 Å². The molecule has 0 spiro atoms. The number of aromatic nitrogens is 1. The minimum absolute atomic E-state index is 0.0612. The average Bonchev–Trinajstić information content (AvgIpc) is 3.14. The van der Waals surface area contributed by atoms with Crippen molar-refractivity contribution in [3.63, 3.8) is 0 Å². The van der Waals surface area contributed by atoms with Crippen LogP contribution in [-0.4, -0.2) is 23.6 Å². The summed E-state index contributed by atoms with van der Waals surface area (Å²) in [5, 5.41) is 16.0. The molecule has 0 saturated heterocycles. The molecule has 1 aromatic heterocycles. The van der Waals surface area contributed by atoms with E-state index < -0.39 is 11.9 Å². The van der Waals surface area contributed by atoms with Crippen molar-refractivity contribution < 1.29 is 23.6 Å². The Morgan fingerprint density at radius 2 is 1.82 bits per heavy atom. The molecule has 0 unspecified atom stereocenters. The smallest absolute Gasteiger partial charge is 0.338 e. The lowest BCUT2D eigenvalue weighted by Crippen LogP contribution is -2.13. The van der Waals surface area contributed by atoms with Gasteiger partial charge in [0.2, 0.25) is 0 Å². The molecule has 0 fully saturated rings. The number of hydrogen-bond donors (Lipinski definition) is 1. The van der Waals surface area contributed by atoms with Crippen LogP contribution < -0.4 is 10.1 Å². The second kappa shape index (κ2) is 10.8. The molecule has 3 aromatic rings. The number of ether oxygens (including phenoxy) is 2. The third-order valence-corrected chi connectivity index (χ3v) is 4.77. The second-order valence-electron chi connectivity index (χ2n) is 7.08. The molecule has 3 rings (SSSR count). The van der Waals surface area contributed by atoms with Gasteiger partial charge < -0.3 is 19.3 Å². The lowest BCUT2D eigenvalue weighted by atomic mass is 10.1. The molecule has 0 bridgehead atoms. The first-order chi connectivity index (χ1) is 15.9. The van der Waals surface area contributed by atoms with Gasteiger partial charge in [-0.15, -0.1) is 0 Å². The number of carbonyl (C=O) groups excluding carboxylic acids is 2. The van der Waals surface area contributed by atoms with Gasteiger partial charge in [-0.25, -0.2) is 4.79 Å². The number of hydrogen-bond acceptors (Lipinski definition) is 7. The number of aryl methyl sites for hydroxylation is 2. The molecule has 1 N–H and O–H groups in total. The van der Waals surface area contributed by atoms with Gasteiger partial charge in [-0.05, 0) is 68.8 Å². The van der Waals surface area contributed by atoms with Crippen molar-refractivity contribution >= 4 is 23.6 Å². The molecule has 0 aliphatic carbocycles. The number of nitrogens with zero attached hydrogens (tertiary/aromatic N) is 2. The molecule has 0 saturated carbocycles. The van der Waals surface area contributed by atoms with Gasteiger partial charge in [0, 0.05) is 5.69 Å². The Morgan fingerprint density at radius 1 is 1.12 bits per heavy atom. The molecule has 1 heterocycles. The number of carbonyl (C=O) groups is 2. The third kappa shape index (κ3) is 6.08. The Morgan fingerprint density at radius 3 is 2.39 bits per heavy atom. The Kier molecular flexibility index (Phi) is 7.60. The van der Waals surface area contributed by atoms with Crippen LogP contribution in [0.15, 0.2) is 58.6 Å². The van der Waals surface area contributed by atoms with E-state index in [4.69, 9.17) is 14.0 Å². The Labute approximate surface area is 191 Å². The van der Waals surface area contributed by atoms with Gasteiger partial charge in [0.15, 0.2) is 0 Å². The predicted octanol–water partition coefficient (Wildman–Crippen LogP) is 4.59. The predicted molar refractivity (Wildman–Crippen MR) is 121 cm³/mol. The number of anilines is 1. The quantitative estimate of drug-likeness (QED) is 0.306. The van der Waals surface area contributed by atoms with Crippen LogP contribution in [0.5, 0.6) is 5.75 Å². The Balaban J connectivity index is 1.63. The fourth-order valence-corrected chi connectivity index (χ4v) is 2.94. The molecule has 2 aromatic carbocycles. The van der Waals surface area contributed by atoms with Gasteiger partial charge in [-0.1, -0.05) is 17.3 Å². The number of nitriles is 1. The van der Waals surface area contributed by atoms with Crippen LogP contribution in [0.4, 0.5) is 5.69 Å². The van der Waals surface area contributed by atoms with Crippen LogP contribution in [0.2, 0.25) is 0 Å². The zero-order valence-electron chi connectivity index (χ0n) is 18.5. The highest BCUT2D eigenvalue weighted by atomic mass is 16.5. The monoisotopic (exact) mass is 445 g/mol. The molecule has 8 nitrogen and oxygen atoms in total. The number of nitrogens with one attached hydrogen (secondary N) is 1. The topological polar surface area (TPSA) is 114 Å². The van der Waals surface area contributed by atoms with Crippen molar-refractivity contribution in [2.45, 2.75) is 27.4 Å². The molecule has 0 radical (unpaired) electrons. The van der Waals surface area contributed by atoms with Gasteiger partial charge in [0.05, 0.1) is 23.4 Å². The van der Waals surface area contributed by atoms with Crippen LogP contribution in [0.25, 0.3) is 6.08 Å². The second-order valence-corrected chi connectivity index (χ2v) is 7.08. The first-order valence-electron chi connectivity index (χ1n) is 10.3. The molecular weight excluding hydrogens is 422 g/mol. The summed E-state index contributed by atoms with van der Waals surface area (Å²) in [6, 6.07) is 15.2. The summed E-state index contributed by atoms with van der Waals surface area (Å²) < 4.78 is 15.8. The van der Waals surface area contributed by atoms with Crippen molar-refractivity contribution in [3.8, 4) is 11.8 Å². The molecule has 168 valence electrons. The number of amides is 1. The van der Waals surface area contributed by atoms with Crippen LogP contribution >= 0.6 is 0 Å². The first kappa shape index (κ1) is 23.3. The Hall–Kier alpha value is -4.38. The maximum atomic E-state index is 12.5. The summed E-state index contributed by atoms with van der Waals surface area (Å²) >= 11 is 0. The summed E-state index contributed by atoms with van der Waals surface area (Å²) in [5.74, 6) is 0.358. The zero-order chi connectivity index (χ0) is 23.8. The highest BCUT2D eigenvalue weighted by Gasteiger charge is 2.12. The normalized spacial score (nSPS) is 10.9. The molecule has 8 heteroatoms. The van der Waals surface area contributed by atoms with Crippen molar-refractivity contribution in [3.05, 3.63) is 82.2 Å². The van der Waals surface area contributed by atoms with Crippen molar-refractivity contribution in [1.29, 1.82) is 5.26 Å². The van der Waals surface area contributed by atoms with Gasteiger partial charge in [-0.3, -0.25) is 4.79 Å². The first-order valence-corrected chi connectivity index (χ1v) is 10.3. The van der Waals surface area contributed by atoms with Gasteiger partial charge in [-0.2, -0.15) is 5.26 Å². The van der Waals surface area contributed by atoms with E-state index in [2.05, 4.69) is 10.5 Å². The van der Waals surface area contributed by atoms with Crippen molar-refractivity contribution in [2.24, 2.45) is 0 Å². The standard InChI is InChI=1S/C25H23N3O5/c1-4-31-25(30)19-7-9-21(10-8-19)27-24(29)20(14-26)13-18-5-11-22(12-6-18)32-15-23-16(2)28-33-17(23)3/h5-13H,4,15H2,1-3H3,(H,27,29)/b20-13-. The molecule has 0 atom stereocenters. The summed E-state index contributed by atoms with van der Waals surface area (Å²) in [4.78, 5) is 24.2. The lowest BCUT2D eigenvalue weighted by Gasteiger charge is -2.07. The van der Waals surface area contributed by atoms with Crippen molar-refractivity contribution in [2.75, 3.05) is 11.9 Å². The minimum atomic E-state index is -0.555. The van der Waals surface area contributed by atoms with Crippen LogP contribution in [-0.2, 0) is 16.1 Å². The number of rotatable bonds is 8. The third-order valence-electron chi connectivity index (χ3n) is 4.77. The molecule has 0 aliphatic heterocycles. The maximum Gasteiger partial charge on any atom is 0.338 e. The number of benzene rings is 2. The summed E-state index contributed by atoms with van der Waals surface area (Å²) in [6.07, 6.45) is 1.49. The van der Waals surface area contributed by atoms with Gasteiger partial charge in [0.25, 0.3) is 5.91 Å². The van der Waals surface area contributed by atoms with E-state index in [1.165, 1.54) is 6.08 Å². The van der Waals surface area contributed by atoms with E-state index in [0.29, 0.717) is 34.9 Å². The fraction of sp³-hybridized carbons (Fsp3) is 0.200. The number of esters is 1. The van der Waals surface area contributed by atoms with E-state index in [-0.39, 0.29) is 12.2 Å². The van der Waals surface area contributed by atoms with Crippen LogP contribution in [0, 0.1) is 25.2 Å². The zero-order valence-corrected chi connectivity index (χ0v) is 18.5. The van der Waals surface area contributed by atoms with Crippen molar-refractivity contribution in [1.82, 2.24) is 5.16 Å². The summed E-state index contributed by atoms with van der Waals surface area (Å²) in [6.45, 7) is 6.02. The van der Waals surface area contributed by atoms with Gasteiger partial charge in [0.1, 0.15) is 29.8 Å². The van der Waals surface area contributed by atoms with Gasteiger partial charge >= 0.3 is 5.97 Å². The summed E-state index contributed by atoms with van der Waals surface area (Å²) in [5.41, 5.74) is 3.13. The average molecular weight is 445 g/mol. The van der Waals surface area contributed by atoms with E-state index >= 15 is 0 Å². The highest BCUT2D eigenvalue weighted by Crippen LogP contribution is 2.19. The highest BCUT2D eigenvalue weighted by molar-refractivity contribution is 6.09. The lowest BCUT2D eigenvalue weighted by molar-refractivity contribution is -0.112. The molecular formula is C25H23N3O5. The SMILES string of the molecule is CCOC(=O)c1ccc(NC(=O)/C(C#N)=C\c2ccc(OCc3c(C)noc3C)cc2)cc1. The van der Waals surface area contributed by atoms with E-state index in [9.17, 15) is 14.9 Å². The van der Waals surface area contributed by atoms with Crippen LogP contribution in [0.3, 0.4) is 0 Å².